The Bertz CT molecular complexity index is 733. The van der Waals surface area contributed by atoms with E-state index in [0.717, 1.165) is 0 Å². The number of hydrogen-bond donors (Lipinski definition) is 2. The van der Waals surface area contributed by atoms with Crippen molar-refractivity contribution in [1.82, 2.24) is 4.98 Å². The molecule has 6 nitrogen and oxygen atoms in total. The highest BCUT2D eigenvalue weighted by atomic mass is 32.2. The van der Waals surface area contributed by atoms with Gasteiger partial charge in [0.15, 0.2) is 0 Å². The number of nitriles is 1. The average Bonchev–Trinajstić information content (AvgIpc) is 2.41. The topological polar surface area (TPSA) is 109 Å². The van der Waals surface area contributed by atoms with E-state index in [4.69, 9.17) is 11.0 Å². The van der Waals surface area contributed by atoms with E-state index >= 15 is 0 Å². The number of anilines is 2. The van der Waals surface area contributed by atoms with Crippen LogP contribution in [-0.2, 0) is 10.0 Å². The highest BCUT2D eigenvalue weighted by molar-refractivity contribution is 7.92. The van der Waals surface area contributed by atoms with Gasteiger partial charge in [0.05, 0.1) is 17.4 Å². The second-order valence-electron chi connectivity index (χ2n) is 3.69. The highest BCUT2D eigenvalue weighted by Gasteiger charge is 2.18. The first-order chi connectivity index (χ1) is 9.03. The first kappa shape index (κ1) is 12.9. The maximum Gasteiger partial charge on any atom is 0.264 e. The second kappa shape index (κ2) is 4.96. The van der Waals surface area contributed by atoms with Gasteiger partial charge in [-0.25, -0.2) is 13.4 Å². The van der Waals surface area contributed by atoms with Crippen LogP contribution in [0.25, 0.3) is 0 Å². The van der Waals surface area contributed by atoms with Gasteiger partial charge in [0, 0.05) is 0 Å². The maximum absolute atomic E-state index is 12.1. The molecule has 0 spiro atoms. The summed E-state index contributed by atoms with van der Waals surface area (Å²) in [5.74, 6) is 0.141. The van der Waals surface area contributed by atoms with Gasteiger partial charge in [0.1, 0.15) is 16.8 Å². The van der Waals surface area contributed by atoms with Gasteiger partial charge in [0.25, 0.3) is 10.0 Å². The summed E-state index contributed by atoms with van der Waals surface area (Å²) in [6.45, 7) is 0. The lowest BCUT2D eigenvalue weighted by molar-refractivity contribution is 0.601. The third-order valence-electron chi connectivity index (χ3n) is 2.32. The largest absolute Gasteiger partial charge is 0.397 e. The molecule has 19 heavy (non-hydrogen) atoms. The van der Waals surface area contributed by atoms with Gasteiger partial charge in [-0.3, -0.25) is 4.72 Å². The summed E-state index contributed by atoms with van der Waals surface area (Å²) in [7, 11) is -3.84. The van der Waals surface area contributed by atoms with Crippen LogP contribution >= 0.6 is 0 Å². The molecule has 0 amide bonds. The monoisotopic (exact) mass is 274 g/mol. The number of sulfonamides is 1. The third-order valence-corrected chi connectivity index (χ3v) is 3.74. The van der Waals surface area contributed by atoms with Crippen LogP contribution in [0.5, 0.6) is 0 Å². The number of pyridine rings is 1. The fraction of sp³-hybridized carbons (Fsp3) is 0. The van der Waals surface area contributed by atoms with Crippen molar-refractivity contribution >= 4 is 21.5 Å². The first-order valence-corrected chi connectivity index (χ1v) is 6.75. The third kappa shape index (κ3) is 2.81. The van der Waals surface area contributed by atoms with Crippen LogP contribution in [-0.4, -0.2) is 13.4 Å². The molecular weight excluding hydrogens is 264 g/mol. The van der Waals surface area contributed by atoms with Crippen LogP contribution in [0.3, 0.4) is 0 Å². The van der Waals surface area contributed by atoms with Gasteiger partial charge in [-0.15, -0.1) is 0 Å². The molecule has 96 valence electrons. The molecule has 0 saturated carbocycles. The smallest absolute Gasteiger partial charge is 0.264 e. The minimum atomic E-state index is -3.84. The molecule has 0 bridgehead atoms. The van der Waals surface area contributed by atoms with Gasteiger partial charge in [-0.1, -0.05) is 12.1 Å². The fourth-order valence-electron chi connectivity index (χ4n) is 1.45. The Labute approximate surface area is 110 Å². The molecule has 1 aromatic carbocycles. The minimum absolute atomic E-state index is 0.0745. The summed E-state index contributed by atoms with van der Waals surface area (Å²) in [4.78, 5) is 3.76. The fourth-order valence-corrected chi connectivity index (χ4v) is 2.62. The summed E-state index contributed by atoms with van der Waals surface area (Å²) in [6, 6.07) is 10.8. The van der Waals surface area contributed by atoms with Crippen LogP contribution in [0, 0.1) is 11.3 Å². The Morgan fingerprint density at radius 2 is 1.95 bits per heavy atom. The molecule has 3 N–H and O–H groups in total. The molecule has 2 rings (SSSR count). The van der Waals surface area contributed by atoms with E-state index in [0.29, 0.717) is 5.69 Å². The number of benzene rings is 1. The molecular formula is C12H10N4O2S. The normalized spacial score (nSPS) is 10.7. The molecule has 1 heterocycles. The van der Waals surface area contributed by atoms with E-state index in [-0.39, 0.29) is 16.3 Å². The molecule has 0 aliphatic heterocycles. The molecule has 2 aromatic rings. The number of nitrogens with zero attached hydrogens (tertiary/aromatic N) is 2. The first-order valence-electron chi connectivity index (χ1n) is 5.26. The molecule has 0 saturated heterocycles. The van der Waals surface area contributed by atoms with E-state index in [2.05, 4.69) is 9.71 Å². The summed E-state index contributed by atoms with van der Waals surface area (Å²) in [6.07, 6.45) is 1.34. The highest BCUT2D eigenvalue weighted by Crippen LogP contribution is 2.18. The zero-order valence-electron chi connectivity index (χ0n) is 9.74. The predicted molar refractivity (Wildman–Crippen MR) is 70.6 cm³/mol. The quantitative estimate of drug-likeness (QED) is 0.877. The molecule has 0 aliphatic carbocycles. The predicted octanol–water partition coefficient (Wildman–Crippen LogP) is 1.34. The Morgan fingerprint density at radius 3 is 2.58 bits per heavy atom. The number of hydrogen-bond acceptors (Lipinski definition) is 5. The Hall–Kier alpha value is -2.59. The van der Waals surface area contributed by atoms with Crippen molar-refractivity contribution in [2.75, 3.05) is 10.5 Å². The van der Waals surface area contributed by atoms with Crippen molar-refractivity contribution in [3.8, 4) is 6.07 Å². The van der Waals surface area contributed by atoms with Crippen molar-refractivity contribution in [1.29, 1.82) is 5.26 Å². The second-order valence-corrected chi connectivity index (χ2v) is 5.34. The van der Waals surface area contributed by atoms with E-state index in [9.17, 15) is 8.42 Å². The number of aromatic nitrogens is 1. The number of nitrogens with two attached hydrogens (primary N) is 1. The summed E-state index contributed by atoms with van der Waals surface area (Å²) >= 11 is 0. The zero-order chi connectivity index (χ0) is 13.9. The van der Waals surface area contributed by atoms with Crippen LogP contribution in [0.4, 0.5) is 11.5 Å². The van der Waals surface area contributed by atoms with Gasteiger partial charge < -0.3 is 5.73 Å². The van der Waals surface area contributed by atoms with Crippen LogP contribution in [0.15, 0.2) is 47.5 Å². The Kier molecular flexibility index (Phi) is 3.35. The molecule has 0 aliphatic rings. The molecule has 0 unspecified atom stereocenters. The van der Waals surface area contributed by atoms with E-state index < -0.39 is 10.0 Å². The van der Waals surface area contributed by atoms with Gasteiger partial charge in [-0.2, -0.15) is 5.26 Å². The van der Waals surface area contributed by atoms with Crippen molar-refractivity contribution in [3.63, 3.8) is 0 Å². The number of rotatable bonds is 3. The number of nitrogen functional groups attached to an aromatic ring is 1. The number of nitrogens with one attached hydrogen (secondary N) is 1. The van der Waals surface area contributed by atoms with Crippen molar-refractivity contribution < 1.29 is 8.42 Å². The average molecular weight is 274 g/mol. The van der Waals surface area contributed by atoms with Gasteiger partial charge in [0.2, 0.25) is 0 Å². The Balaban J connectivity index is 2.38. The van der Waals surface area contributed by atoms with Gasteiger partial charge >= 0.3 is 0 Å². The molecule has 0 fully saturated rings. The summed E-state index contributed by atoms with van der Waals surface area (Å²) < 4.78 is 26.6. The lowest BCUT2D eigenvalue weighted by atomic mass is 10.2. The van der Waals surface area contributed by atoms with E-state index in [1.807, 2.05) is 6.07 Å². The molecule has 0 radical (unpaired) electrons. The molecule has 7 heteroatoms. The minimum Gasteiger partial charge on any atom is -0.397 e. The summed E-state index contributed by atoms with van der Waals surface area (Å²) in [5.41, 5.74) is 5.97. The van der Waals surface area contributed by atoms with Crippen molar-refractivity contribution in [3.05, 3.63) is 48.2 Å². The van der Waals surface area contributed by atoms with Gasteiger partial charge in [-0.05, 0) is 24.3 Å². The van der Waals surface area contributed by atoms with E-state index in [1.54, 1.807) is 12.1 Å². The van der Waals surface area contributed by atoms with Crippen molar-refractivity contribution in [2.45, 2.75) is 4.90 Å². The van der Waals surface area contributed by atoms with E-state index in [1.165, 1.54) is 30.5 Å². The standard InChI is InChI=1S/C12H10N4O2S/c13-7-9-3-1-2-4-11(9)19(17,18)16-12-6-5-10(14)8-15-12/h1-6,8H,14H2,(H,15,16). The van der Waals surface area contributed by atoms with Crippen LogP contribution in [0.1, 0.15) is 5.56 Å². The Morgan fingerprint density at radius 1 is 1.21 bits per heavy atom. The van der Waals surface area contributed by atoms with Crippen LogP contribution in [0.2, 0.25) is 0 Å². The molecule has 1 aromatic heterocycles. The van der Waals surface area contributed by atoms with Crippen molar-refractivity contribution in [2.24, 2.45) is 0 Å². The lowest BCUT2D eigenvalue weighted by Crippen LogP contribution is -2.15. The van der Waals surface area contributed by atoms with Crippen LogP contribution < -0.4 is 10.5 Å². The zero-order valence-corrected chi connectivity index (χ0v) is 10.6. The summed E-state index contributed by atoms with van der Waals surface area (Å²) in [5, 5.41) is 8.91. The molecule has 0 atom stereocenters. The maximum atomic E-state index is 12.1. The SMILES string of the molecule is N#Cc1ccccc1S(=O)(=O)Nc1ccc(N)cn1. The lowest BCUT2D eigenvalue weighted by Gasteiger charge is -2.08.